The molecule has 12 heteroatoms. The predicted octanol–water partition coefficient (Wildman–Crippen LogP) is 3.26. The number of nitro groups is 1. The lowest BCUT2D eigenvalue weighted by molar-refractivity contribution is -0.384. The van der Waals surface area contributed by atoms with Crippen LogP contribution < -0.4 is 11.2 Å². The van der Waals surface area contributed by atoms with Crippen LogP contribution in [0, 0.1) is 21.4 Å². The molecule has 2 aromatic carbocycles. The second-order valence-electron chi connectivity index (χ2n) is 8.55. The smallest absolute Gasteiger partial charge is 0.337 e. The third-order valence-corrected chi connectivity index (χ3v) is 5.61. The van der Waals surface area contributed by atoms with Crippen LogP contribution in [0.3, 0.4) is 0 Å². The molecule has 0 unspecified atom stereocenters. The number of nitro benzene ring substituents is 1. The van der Waals surface area contributed by atoms with Crippen molar-refractivity contribution in [3.05, 3.63) is 97.3 Å². The van der Waals surface area contributed by atoms with Crippen LogP contribution in [0.15, 0.2) is 75.4 Å². The zero-order chi connectivity index (χ0) is 27.4. The van der Waals surface area contributed by atoms with Gasteiger partial charge < -0.3 is 4.90 Å². The molecule has 0 aliphatic heterocycles. The van der Waals surface area contributed by atoms with E-state index in [1.807, 2.05) is 6.92 Å². The molecule has 0 aliphatic carbocycles. The molecule has 2 heterocycles. The SMILES string of the molecule is CCCn1c(=O)c(-c2ccnn2-c2ccc(C#N)cc2)c(/N=C/N(C)C)n(-c2cccc([N+](=O)[O-])c2)c1=O. The first-order chi connectivity index (χ1) is 18.3. The van der Waals surface area contributed by atoms with Gasteiger partial charge in [0.25, 0.3) is 11.2 Å². The molecule has 0 N–H and O–H groups in total. The number of aliphatic imine (C=N–C) groups is 1. The van der Waals surface area contributed by atoms with Crippen LogP contribution in [0.5, 0.6) is 0 Å². The van der Waals surface area contributed by atoms with E-state index in [4.69, 9.17) is 5.26 Å². The fourth-order valence-corrected chi connectivity index (χ4v) is 3.93. The van der Waals surface area contributed by atoms with E-state index in [-0.39, 0.29) is 29.3 Å². The summed E-state index contributed by atoms with van der Waals surface area (Å²) in [7, 11) is 3.47. The minimum atomic E-state index is -0.670. The molecule has 0 saturated heterocycles. The van der Waals surface area contributed by atoms with Gasteiger partial charge in [-0.25, -0.2) is 19.0 Å². The normalized spacial score (nSPS) is 11.0. The predicted molar refractivity (Wildman–Crippen MR) is 142 cm³/mol. The summed E-state index contributed by atoms with van der Waals surface area (Å²) < 4.78 is 3.82. The van der Waals surface area contributed by atoms with E-state index in [0.29, 0.717) is 23.4 Å². The summed E-state index contributed by atoms with van der Waals surface area (Å²) in [5, 5.41) is 25.0. The van der Waals surface area contributed by atoms with Crippen molar-refractivity contribution in [1.29, 1.82) is 5.26 Å². The van der Waals surface area contributed by atoms with Crippen LogP contribution in [0.4, 0.5) is 11.5 Å². The summed E-state index contributed by atoms with van der Waals surface area (Å²) in [6.45, 7) is 1.96. The van der Waals surface area contributed by atoms with Crippen LogP contribution in [-0.4, -0.2) is 49.2 Å². The number of nitriles is 1. The average molecular weight is 513 g/mol. The molecular formula is C26H24N8O4. The monoisotopic (exact) mass is 512 g/mol. The minimum absolute atomic E-state index is 0.00283. The Kier molecular flexibility index (Phi) is 7.29. The Morgan fingerprint density at radius 1 is 1.13 bits per heavy atom. The summed E-state index contributed by atoms with van der Waals surface area (Å²) in [5.41, 5.74) is 0.222. The second kappa shape index (κ2) is 10.8. The highest BCUT2D eigenvalue weighted by Gasteiger charge is 2.25. The van der Waals surface area contributed by atoms with Crippen LogP contribution in [0.1, 0.15) is 18.9 Å². The number of hydrogen-bond donors (Lipinski definition) is 0. The van der Waals surface area contributed by atoms with Gasteiger partial charge in [0.15, 0.2) is 5.82 Å². The van der Waals surface area contributed by atoms with Crippen molar-refractivity contribution in [3.8, 4) is 28.7 Å². The van der Waals surface area contributed by atoms with Crippen molar-refractivity contribution >= 4 is 17.8 Å². The number of non-ortho nitro benzene ring substituents is 1. The Balaban J connectivity index is 2.13. The first-order valence-electron chi connectivity index (χ1n) is 11.7. The summed E-state index contributed by atoms with van der Waals surface area (Å²) in [6, 6.07) is 15.9. The maximum Gasteiger partial charge on any atom is 0.337 e. The molecule has 192 valence electrons. The lowest BCUT2D eigenvalue weighted by Crippen LogP contribution is -2.40. The van der Waals surface area contributed by atoms with Gasteiger partial charge in [0.05, 0.1) is 46.2 Å². The molecule has 0 saturated carbocycles. The average Bonchev–Trinajstić information content (AvgIpc) is 3.39. The van der Waals surface area contributed by atoms with E-state index in [1.165, 1.54) is 40.0 Å². The van der Waals surface area contributed by atoms with Gasteiger partial charge in [0.1, 0.15) is 5.56 Å². The Morgan fingerprint density at radius 3 is 2.50 bits per heavy atom. The van der Waals surface area contributed by atoms with Crippen molar-refractivity contribution in [2.75, 3.05) is 14.1 Å². The first kappa shape index (κ1) is 25.8. The Morgan fingerprint density at radius 2 is 1.87 bits per heavy atom. The van der Waals surface area contributed by atoms with Crippen LogP contribution in [-0.2, 0) is 6.54 Å². The van der Waals surface area contributed by atoms with Crippen molar-refractivity contribution < 1.29 is 4.92 Å². The van der Waals surface area contributed by atoms with Crippen LogP contribution in [0.2, 0.25) is 0 Å². The Labute approximate surface area is 217 Å². The van der Waals surface area contributed by atoms with E-state index >= 15 is 0 Å². The van der Waals surface area contributed by atoms with Crippen LogP contribution in [0.25, 0.3) is 22.6 Å². The van der Waals surface area contributed by atoms with Gasteiger partial charge in [0, 0.05) is 32.8 Å². The number of hydrogen-bond acceptors (Lipinski definition) is 7. The summed E-state index contributed by atoms with van der Waals surface area (Å²) >= 11 is 0. The lowest BCUT2D eigenvalue weighted by atomic mass is 10.1. The van der Waals surface area contributed by atoms with Gasteiger partial charge in [-0.2, -0.15) is 10.4 Å². The standard InChI is InChI=1S/C26H24N8O4/c1-4-14-31-25(35)23(22-12-13-29-33(22)19-10-8-18(16-27)9-11-19)24(28-17-30(2)3)32(26(31)36)20-6-5-7-21(15-20)34(37)38/h5-13,15,17H,4,14H2,1-3H3/b28-17+. The third-order valence-electron chi connectivity index (χ3n) is 5.61. The van der Waals surface area contributed by atoms with Gasteiger partial charge in [-0.05, 0) is 42.8 Å². The Bertz CT molecular complexity index is 1690. The molecule has 4 aromatic rings. The Hall–Kier alpha value is -5.31. The zero-order valence-corrected chi connectivity index (χ0v) is 21.0. The fourth-order valence-electron chi connectivity index (χ4n) is 3.93. The quantitative estimate of drug-likeness (QED) is 0.152. The highest BCUT2D eigenvalue weighted by Crippen LogP contribution is 2.30. The van der Waals surface area contributed by atoms with Crippen molar-refractivity contribution in [2.24, 2.45) is 4.99 Å². The van der Waals surface area contributed by atoms with Crippen molar-refractivity contribution in [3.63, 3.8) is 0 Å². The van der Waals surface area contributed by atoms with E-state index in [1.54, 1.807) is 55.4 Å². The molecule has 12 nitrogen and oxygen atoms in total. The van der Waals surface area contributed by atoms with Gasteiger partial charge in [-0.3, -0.25) is 19.5 Å². The fraction of sp³-hybridized carbons (Fsp3) is 0.192. The van der Waals surface area contributed by atoms with E-state index in [9.17, 15) is 19.7 Å². The van der Waals surface area contributed by atoms with Crippen molar-refractivity contribution in [1.82, 2.24) is 23.8 Å². The van der Waals surface area contributed by atoms with E-state index in [2.05, 4.69) is 16.2 Å². The molecule has 0 atom stereocenters. The molecular weight excluding hydrogens is 488 g/mol. The van der Waals surface area contributed by atoms with Gasteiger partial charge in [-0.15, -0.1) is 0 Å². The summed E-state index contributed by atoms with van der Waals surface area (Å²) in [6.07, 6.45) is 3.45. The second-order valence-corrected chi connectivity index (χ2v) is 8.55. The van der Waals surface area contributed by atoms with Gasteiger partial charge in [-0.1, -0.05) is 13.0 Å². The highest BCUT2D eigenvalue weighted by molar-refractivity contribution is 5.76. The third kappa shape index (κ3) is 4.85. The summed E-state index contributed by atoms with van der Waals surface area (Å²) in [4.78, 5) is 44.6. The highest BCUT2D eigenvalue weighted by atomic mass is 16.6. The van der Waals surface area contributed by atoms with Gasteiger partial charge >= 0.3 is 5.69 Å². The maximum atomic E-state index is 13.9. The topological polar surface area (TPSA) is 144 Å². The van der Waals surface area contributed by atoms with E-state index in [0.717, 1.165) is 4.57 Å². The van der Waals surface area contributed by atoms with Gasteiger partial charge in [0.2, 0.25) is 0 Å². The van der Waals surface area contributed by atoms with Crippen LogP contribution >= 0.6 is 0 Å². The van der Waals surface area contributed by atoms with E-state index < -0.39 is 16.2 Å². The number of nitrogens with zero attached hydrogens (tertiary/aromatic N) is 8. The first-order valence-corrected chi connectivity index (χ1v) is 11.7. The number of rotatable bonds is 8. The lowest BCUT2D eigenvalue weighted by Gasteiger charge is -2.18. The molecule has 0 aliphatic rings. The molecule has 2 aromatic heterocycles. The largest absolute Gasteiger partial charge is 0.369 e. The van der Waals surface area contributed by atoms with Crippen molar-refractivity contribution in [2.45, 2.75) is 19.9 Å². The molecule has 0 bridgehead atoms. The zero-order valence-electron chi connectivity index (χ0n) is 21.0. The maximum absolute atomic E-state index is 13.9. The number of aromatic nitrogens is 4. The molecule has 0 amide bonds. The number of benzene rings is 2. The molecule has 0 fully saturated rings. The minimum Gasteiger partial charge on any atom is -0.369 e. The molecule has 38 heavy (non-hydrogen) atoms. The summed E-state index contributed by atoms with van der Waals surface area (Å²) in [5.74, 6) is -0.00283. The molecule has 0 spiro atoms. The molecule has 4 rings (SSSR count). The molecule has 0 radical (unpaired) electrons.